The van der Waals surface area contributed by atoms with Crippen LogP contribution in [-0.4, -0.2) is 52.2 Å². The topological polar surface area (TPSA) is 103 Å². The van der Waals surface area contributed by atoms with Crippen molar-refractivity contribution in [1.82, 2.24) is 25.8 Å². The molecule has 2 fully saturated rings. The van der Waals surface area contributed by atoms with Gasteiger partial charge in [-0.15, -0.1) is 0 Å². The molecule has 9 heteroatoms. The number of aryl methyl sites for hydroxylation is 1. The summed E-state index contributed by atoms with van der Waals surface area (Å²) in [4.78, 5) is 32.1. The summed E-state index contributed by atoms with van der Waals surface area (Å²) in [6.45, 7) is 3.25. The highest BCUT2D eigenvalue weighted by atomic mass is 19.1. The Balaban J connectivity index is 1.41. The van der Waals surface area contributed by atoms with Crippen LogP contribution >= 0.6 is 0 Å². The number of carbonyl (C=O) groups is 2. The van der Waals surface area contributed by atoms with Gasteiger partial charge >= 0.3 is 0 Å². The molecule has 2 aliphatic rings. The van der Waals surface area contributed by atoms with Crippen LogP contribution in [0.25, 0.3) is 0 Å². The molecular formula is C28H29FN6O2. The molecule has 2 aliphatic heterocycles. The summed E-state index contributed by atoms with van der Waals surface area (Å²) < 4.78 is 13.4. The second-order valence-electron chi connectivity index (χ2n) is 9.67. The number of carbonyl (C=O) groups excluding carboxylic acids is 2. The fourth-order valence-electron chi connectivity index (χ4n) is 5.12. The average molecular weight is 501 g/mol. The molecule has 4 heterocycles. The zero-order valence-corrected chi connectivity index (χ0v) is 20.6. The number of H-pyrrole nitrogens is 1. The molecule has 37 heavy (non-hydrogen) atoms. The van der Waals surface area contributed by atoms with Crippen LogP contribution in [0.4, 0.5) is 10.2 Å². The third kappa shape index (κ3) is 5.64. The van der Waals surface area contributed by atoms with E-state index in [2.05, 4.69) is 44.5 Å². The van der Waals surface area contributed by atoms with Gasteiger partial charge in [-0.05, 0) is 61.1 Å². The normalized spacial score (nSPS) is 20.5. The summed E-state index contributed by atoms with van der Waals surface area (Å²) in [5.41, 5.74) is 2.77. The Hall–Kier alpha value is -4.19. The van der Waals surface area contributed by atoms with Crippen molar-refractivity contribution in [2.24, 2.45) is 5.92 Å². The van der Waals surface area contributed by atoms with Crippen LogP contribution in [0.2, 0.25) is 0 Å². The maximum atomic E-state index is 13.4. The molecule has 2 unspecified atom stereocenters. The first-order valence-corrected chi connectivity index (χ1v) is 12.6. The molecule has 3 atom stereocenters. The molecule has 3 aromatic rings. The second-order valence-corrected chi connectivity index (χ2v) is 9.67. The maximum Gasteiger partial charge on any atom is 0.252 e. The fourth-order valence-corrected chi connectivity index (χ4v) is 5.12. The van der Waals surface area contributed by atoms with Crippen LogP contribution in [0.5, 0.6) is 0 Å². The number of benzene rings is 1. The van der Waals surface area contributed by atoms with Crippen LogP contribution in [-0.2, 0) is 11.2 Å². The largest absolute Gasteiger partial charge is 0.354 e. The highest BCUT2D eigenvalue weighted by Gasteiger charge is 2.43. The number of pyridine rings is 1. The smallest absolute Gasteiger partial charge is 0.252 e. The number of nitrogens with zero attached hydrogens (tertiary/aromatic N) is 3. The van der Waals surface area contributed by atoms with Crippen LogP contribution < -0.4 is 15.5 Å². The Morgan fingerprint density at radius 3 is 2.86 bits per heavy atom. The van der Waals surface area contributed by atoms with Gasteiger partial charge < -0.3 is 15.5 Å². The number of hydrogen-bond acceptors (Lipinski definition) is 5. The van der Waals surface area contributed by atoms with E-state index in [4.69, 9.17) is 4.98 Å². The highest BCUT2D eigenvalue weighted by molar-refractivity contribution is 5.94. The van der Waals surface area contributed by atoms with Gasteiger partial charge in [0.2, 0.25) is 5.91 Å². The van der Waals surface area contributed by atoms with Crippen LogP contribution in [0.3, 0.4) is 0 Å². The number of anilines is 1. The van der Waals surface area contributed by atoms with Gasteiger partial charge in [-0.3, -0.25) is 14.7 Å². The Labute approximate surface area is 215 Å². The van der Waals surface area contributed by atoms with E-state index in [-0.39, 0.29) is 29.7 Å². The Kier molecular flexibility index (Phi) is 7.17. The van der Waals surface area contributed by atoms with E-state index >= 15 is 0 Å². The van der Waals surface area contributed by atoms with Crippen molar-refractivity contribution in [2.75, 3.05) is 18.0 Å². The molecule has 1 aromatic carbocycles. The minimum absolute atomic E-state index is 0.0176. The Bertz CT molecular complexity index is 1330. The van der Waals surface area contributed by atoms with Crippen molar-refractivity contribution >= 4 is 17.6 Å². The Morgan fingerprint density at radius 2 is 2.08 bits per heavy atom. The third-order valence-electron chi connectivity index (χ3n) is 7.02. The molecule has 2 bridgehead atoms. The summed E-state index contributed by atoms with van der Waals surface area (Å²) in [5.74, 6) is 6.79. The van der Waals surface area contributed by atoms with E-state index in [1.54, 1.807) is 30.6 Å². The van der Waals surface area contributed by atoms with Gasteiger partial charge in [-0.25, -0.2) is 9.37 Å². The lowest BCUT2D eigenvalue weighted by molar-refractivity contribution is -0.121. The van der Waals surface area contributed by atoms with Crippen molar-refractivity contribution < 1.29 is 14.0 Å². The summed E-state index contributed by atoms with van der Waals surface area (Å²) in [6, 6.07) is 7.84. The third-order valence-corrected chi connectivity index (χ3v) is 7.02. The van der Waals surface area contributed by atoms with E-state index < -0.39 is 0 Å². The van der Waals surface area contributed by atoms with Gasteiger partial charge in [0.05, 0.1) is 23.4 Å². The summed E-state index contributed by atoms with van der Waals surface area (Å²) >= 11 is 0. The first-order valence-electron chi connectivity index (χ1n) is 12.6. The molecule has 8 nitrogen and oxygen atoms in total. The van der Waals surface area contributed by atoms with E-state index in [1.807, 2.05) is 6.20 Å². The predicted molar refractivity (Wildman–Crippen MR) is 137 cm³/mol. The zero-order chi connectivity index (χ0) is 25.8. The van der Waals surface area contributed by atoms with Crippen molar-refractivity contribution in [2.45, 2.75) is 44.7 Å². The summed E-state index contributed by atoms with van der Waals surface area (Å²) in [6.07, 6.45) is 8.08. The quantitative estimate of drug-likeness (QED) is 0.357. The lowest BCUT2D eigenvalue weighted by Gasteiger charge is -2.30. The van der Waals surface area contributed by atoms with E-state index in [0.29, 0.717) is 47.9 Å². The number of hydrogen-bond donors (Lipinski definition) is 3. The SMILES string of the molecule is C[C@@H]1CC2CC(=O)NCC1N2c1ncc(C(=O)NCCCc2cn[nH]c2)cc1C#Cc1ccc(F)cc1. The molecule has 190 valence electrons. The molecule has 2 aromatic heterocycles. The van der Waals surface area contributed by atoms with Crippen LogP contribution in [0, 0.1) is 23.6 Å². The van der Waals surface area contributed by atoms with Crippen LogP contribution in [0.15, 0.2) is 48.9 Å². The second kappa shape index (κ2) is 10.8. The summed E-state index contributed by atoms with van der Waals surface area (Å²) in [5, 5.41) is 12.7. The monoisotopic (exact) mass is 500 g/mol. The molecular weight excluding hydrogens is 471 g/mol. The van der Waals surface area contributed by atoms with E-state index in [1.165, 1.54) is 12.1 Å². The minimum Gasteiger partial charge on any atom is -0.354 e. The maximum absolute atomic E-state index is 13.4. The molecule has 0 aliphatic carbocycles. The van der Waals surface area contributed by atoms with Crippen molar-refractivity contribution in [1.29, 1.82) is 0 Å². The minimum atomic E-state index is -0.327. The lowest BCUT2D eigenvalue weighted by Crippen LogP contribution is -2.41. The molecule has 5 rings (SSSR count). The molecule has 3 N–H and O–H groups in total. The zero-order valence-electron chi connectivity index (χ0n) is 20.6. The van der Waals surface area contributed by atoms with Crippen molar-refractivity contribution in [3.05, 3.63) is 77.0 Å². The van der Waals surface area contributed by atoms with Crippen molar-refractivity contribution in [3.8, 4) is 11.8 Å². The summed E-state index contributed by atoms with van der Waals surface area (Å²) in [7, 11) is 0. The first kappa shape index (κ1) is 24.5. The molecule has 0 radical (unpaired) electrons. The van der Waals surface area contributed by atoms with Crippen LogP contribution in [0.1, 0.15) is 53.2 Å². The number of rotatable bonds is 6. The number of nitrogens with one attached hydrogen (secondary N) is 3. The number of aromatic nitrogens is 3. The van der Waals surface area contributed by atoms with E-state index in [9.17, 15) is 14.0 Å². The lowest BCUT2D eigenvalue weighted by atomic mass is 9.99. The predicted octanol–water partition coefficient (Wildman–Crippen LogP) is 2.81. The molecule has 0 spiro atoms. The number of halogens is 1. The van der Waals surface area contributed by atoms with Gasteiger partial charge in [0.25, 0.3) is 5.91 Å². The molecule has 0 saturated carbocycles. The van der Waals surface area contributed by atoms with Crippen molar-refractivity contribution in [3.63, 3.8) is 0 Å². The first-order chi connectivity index (χ1) is 18.0. The van der Waals surface area contributed by atoms with Gasteiger partial charge in [0.1, 0.15) is 11.6 Å². The van der Waals surface area contributed by atoms with Gasteiger partial charge in [-0.1, -0.05) is 18.8 Å². The van der Waals surface area contributed by atoms with Gasteiger partial charge in [0.15, 0.2) is 0 Å². The fraction of sp³-hybridized carbons (Fsp3) is 0.357. The average Bonchev–Trinajstić information content (AvgIpc) is 3.47. The van der Waals surface area contributed by atoms with Gasteiger partial charge in [0, 0.05) is 43.5 Å². The number of fused-ring (bicyclic) bond motifs is 2. The number of amides is 2. The van der Waals surface area contributed by atoms with E-state index in [0.717, 1.165) is 24.8 Å². The standard InChI is InChI=1S/C28H29FN6O2/c1-18-11-24-13-26(36)31-17-25(18)35(24)27-21(7-4-19-5-8-23(29)9-6-19)12-22(16-32-27)28(37)30-10-2-3-20-14-33-34-15-20/h5-6,8-9,12,14-16,18,24-25H,2-3,10-11,13,17H2,1H3,(H,30,37)(H,31,36)(H,33,34)/t18-,24?,25?/m1/s1. The molecule has 2 amide bonds. The Morgan fingerprint density at radius 1 is 1.24 bits per heavy atom. The van der Waals surface area contributed by atoms with Gasteiger partial charge in [-0.2, -0.15) is 5.10 Å². The highest BCUT2D eigenvalue weighted by Crippen LogP contribution is 2.37. The number of aromatic amines is 1. The molecule has 2 saturated heterocycles.